The maximum atomic E-state index is 5.98. The number of para-hydroxylation sites is 4. The molecule has 0 bridgehead atoms. The number of aromatic nitrogens is 4. The topological polar surface area (TPSA) is 84.3 Å². The molecule has 0 aliphatic heterocycles. The van der Waals surface area contributed by atoms with E-state index in [1.54, 1.807) is 0 Å². The molecule has 0 aliphatic carbocycles. The van der Waals surface area contributed by atoms with E-state index in [-0.39, 0.29) is 11.8 Å². The Bertz CT molecular complexity index is 1980. The van der Waals surface area contributed by atoms with Crippen LogP contribution in [-0.4, -0.2) is 20.4 Å². The molecule has 0 N–H and O–H groups in total. The normalized spacial score (nSPS) is 10.9. The first-order valence-electron chi connectivity index (χ1n) is 15.5. The van der Waals surface area contributed by atoms with Crippen LogP contribution in [0.3, 0.4) is 0 Å². The van der Waals surface area contributed by atoms with E-state index >= 15 is 0 Å². The fourth-order valence-corrected chi connectivity index (χ4v) is 5.56. The summed E-state index contributed by atoms with van der Waals surface area (Å²) in [6.45, 7) is 0. The third kappa shape index (κ3) is 5.81. The van der Waals surface area contributed by atoms with Gasteiger partial charge in [0.15, 0.2) is 0 Å². The molecule has 0 unspecified atom stereocenters. The summed E-state index contributed by atoms with van der Waals surface area (Å²) in [5.74, 6) is 1.01. The highest BCUT2D eigenvalue weighted by Gasteiger charge is 2.19. The van der Waals surface area contributed by atoms with Crippen LogP contribution in [0.25, 0.3) is 34.7 Å². The molecule has 2 aromatic heterocycles. The molecular formula is C40H28N6O2. The summed E-state index contributed by atoms with van der Waals surface area (Å²) in [7, 11) is 0. The first kappa shape index (κ1) is 28.7. The third-order valence-electron chi connectivity index (χ3n) is 7.84. The monoisotopic (exact) mass is 624 g/mol. The Balaban J connectivity index is 1.02. The second-order valence-electron chi connectivity index (χ2n) is 10.9. The van der Waals surface area contributed by atoms with Gasteiger partial charge in [-0.25, -0.2) is 0 Å². The maximum Gasteiger partial charge on any atom is 0.306 e. The Morgan fingerprint density at radius 2 is 0.521 bits per heavy atom. The second-order valence-corrected chi connectivity index (χ2v) is 10.9. The van der Waals surface area contributed by atoms with Gasteiger partial charge in [-0.1, -0.05) is 72.8 Å². The average molecular weight is 625 g/mol. The molecular weight excluding hydrogens is 596 g/mol. The van der Waals surface area contributed by atoms with Crippen molar-refractivity contribution in [2.75, 3.05) is 9.80 Å². The van der Waals surface area contributed by atoms with Crippen LogP contribution in [0.1, 0.15) is 0 Å². The van der Waals surface area contributed by atoms with E-state index in [9.17, 15) is 0 Å². The van der Waals surface area contributed by atoms with Gasteiger partial charge >= 0.3 is 11.8 Å². The van der Waals surface area contributed by atoms with Crippen LogP contribution in [0.4, 0.5) is 34.1 Å². The van der Waals surface area contributed by atoms with E-state index < -0.39 is 0 Å². The quantitative estimate of drug-likeness (QED) is 0.157. The number of rotatable bonds is 9. The summed E-state index contributed by atoms with van der Waals surface area (Å²) in [5.41, 5.74) is 7.78. The predicted octanol–water partition coefficient (Wildman–Crippen LogP) is 10.4. The average Bonchev–Trinajstić information content (AvgIpc) is 3.86. The molecule has 8 rings (SSSR count). The van der Waals surface area contributed by atoms with Crippen molar-refractivity contribution in [1.29, 1.82) is 0 Å². The van der Waals surface area contributed by atoms with Gasteiger partial charge < -0.3 is 18.6 Å². The van der Waals surface area contributed by atoms with Gasteiger partial charge in [0.2, 0.25) is 11.8 Å². The Morgan fingerprint density at radius 1 is 0.271 bits per heavy atom. The lowest BCUT2D eigenvalue weighted by molar-refractivity contribution is 0.522. The summed E-state index contributed by atoms with van der Waals surface area (Å²) in [5, 5.41) is 16.9. The largest absolute Gasteiger partial charge is 0.412 e. The minimum absolute atomic E-state index is 0.152. The molecule has 0 radical (unpaired) electrons. The van der Waals surface area contributed by atoms with Gasteiger partial charge in [0.05, 0.1) is 0 Å². The lowest BCUT2D eigenvalue weighted by atomic mass is 10.1. The molecule has 0 fully saturated rings. The van der Waals surface area contributed by atoms with Gasteiger partial charge in [0, 0.05) is 45.3 Å². The molecule has 0 saturated carbocycles. The van der Waals surface area contributed by atoms with Crippen LogP contribution in [-0.2, 0) is 0 Å². The zero-order valence-electron chi connectivity index (χ0n) is 25.7. The van der Waals surface area contributed by atoms with Gasteiger partial charge in [0.1, 0.15) is 0 Å². The third-order valence-corrected chi connectivity index (χ3v) is 7.84. The van der Waals surface area contributed by atoms with Crippen molar-refractivity contribution in [3.05, 3.63) is 170 Å². The van der Waals surface area contributed by atoms with Crippen LogP contribution in [0.15, 0.2) is 179 Å². The van der Waals surface area contributed by atoms with Crippen molar-refractivity contribution < 1.29 is 8.83 Å². The number of hydrogen-bond acceptors (Lipinski definition) is 8. The number of nitrogens with zero attached hydrogens (tertiary/aromatic N) is 6. The Hall–Kier alpha value is -6.80. The number of benzene rings is 6. The standard InChI is InChI=1S/C40H28N6O2/c1-5-13-31(14-6-1)45(32-15-7-2-8-16-32)35-25-21-29(22-26-35)37-41-43-39(47-37)40-44-42-38(48-40)30-23-27-36(28-24-30)46(33-17-9-3-10-18-33)34-19-11-4-12-20-34/h1-28H. The molecule has 8 nitrogen and oxygen atoms in total. The second kappa shape index (κ2) is 12.9. The van der Waals surface area contributed by atoms with Gasteiger partial charge in [0.25, 0.3) is 0 Å². The van der Waals surface area contributed by atoms with Crippen molar-refractivity contribution in [2.24, 2.45) is 0 Å². The highest BCUT2D eigenvalue weighted by atomic mass is 16.4. The molecule has 0 aliphatic rings. The Labute approximate surface area is 277 Å². The first-order valence-corrected chi connectivity index (χ1v) is 15.5. The van der Waals surface area contributed by atoms with E-state index in [0.29, 0.717) is 11.8 Å². The van der Waals surface area contributed by atoms with Crippen molar-refractivity contribution in [3.8, 4) is 34.7 Å². The predicted molar refractivity (Wildman–Crippen MR) is 188 cm³/mol. The Morgan fingerprint density at radius 3 is 0.812 bits per heavy atom. The van der Waals surface area contributed by atoms with Gasteiger partial charge in [-0.2, -0.15) is 0 Å². The fraction of sp³-hybridized carbons (Fsp3) is 0. The summed E-state index contributed by atoms with van der Waals surface area (Å²) in [6.07, 6.45) is 0. The molecule has 0 saturated heterocycles. The first-order chi connectivity index (χ1) is 23.8. The lowest BCUT2D eigenvalue weighted by Gasteiger charge is -2.25. The highest BCUT2D eigenvalue weighted by Crippen LogP contribution is 2.37. The fourth-order valence-electron chi connectivity index (χ4n) is 5.56. The van der Waals surface area contributed by atoms with Gasteiger partial charge in [-0.05, 0) is 97.1 Å². The summed E-state index contributed by atoms with van der Waals surface area (Å²) in [6, 6.07) is 56.9. The van der Waals surface area contributed by atoms with Gasteiger partial charge in [-0.3, -0.25) is 0 Å². The number of anilines is 6. The SMILES string of the molecule is c1ccc(N(c2ccccc2)c2ccc(-c3nnc(-c4nnc(-c5ccc(N(c6ccccc6)c6ccccc6)cc5)o4)o3)cc2)cc1. The van der Waals surface area contributed by atoms with E-state index in [0.717, 1.165) is 45.3 Å². The molecule has 8 aromatic rings. The zero-order valence-corrected chi connectivity index (χ0v) is 25.7. The number of hydrogen-bond donors (Lipinski definition) is 0. The van der Waals surface area contributed by atoms with Gasteiger partial charge in [-0.15, -0.1) is 20.4 Å². The molecule has 6 aromatic carbocycles. The molecule has 2 heterocycles. The van der Waals surface area contributed by atoms with Crippen molar-refractivity contribution in [2.45, 2.75) is 0 Å². The van der Waals surface area contributed by atoms with E-state index in [1.165, 1.54) is 0 Å². The molecule has 48 heavy (non-hydrogen) atoms. The van der Waals surface area contributed by atoms with Crippen LogP contribution in [0.5, 0.6) is 0 Å². The molecule has 0 amide bonds. The molecule has 230 valence electrons. The summed E-state index contributed by atoms with van der Waals surface area (Å²) in [4.78, 5) is 4.38. The molecule has 0 spiro atoms. The Kier molecular flexibility index (Phi) is 7.70. The highest BCUT2D eigenvalue weighted by molar-refractivity contribution is 5.78. The van der Waals surface area contributed by atoms with Crippen LogP contribution >= 0.6 is 0 Å². The minimum Gasteiger partial charge on any atom is -0.412 e. The van der Waals surface area contributed by atoms with E-state index in [2.05, 4.69) is 78.7 Å². The van der Waals surface area contributed by atoms with Crippen molar-refractivity contribution in [1.82, 2.24) is 20.4 Å². The summed E-state index contributed by atoms with van der Waals surface area (Å²) < 4.78 is 12.0. The van der Waals surface area contributed by atoms with Crippen LogP contribution in [0, 0.1) is 0 Å². The minimum atomic E-state index is 0.152. The van der Waals surface area contributed by atoms with Crippen LogP contribution < -0.4 is 9.80 Å². The van der Waals surface area contributed by atoms with E-state index in [4.69, 9.17) is 8.83 Å². The molecule has 8 heteroatoms. The van der Waals surface area contributed by atoms with Crippen molar-refractivity contribution in [3.63, 3.8) is 0 Å². The maximum absolute atomic E-state index is 5.98. The smallest absolute Gasteiger partial charge is 0.306 e. The molecule has 0 atom stereocenters. The zero-order chi connectivity index (χ0) is 32.1. The van der Waals surface area contributed by atoms with Crippen LogP contribution in [0.2, 0.25) is 0 Å². The summed E-state index contributed by atoms with van der Waals surface area (Å²) >= 11 is 0. The lowest BCUT2D eigenvalue weighted by Crippen LogP contribution is -2.09. The van der Waals surface area contributed by atoms with E-state index in [1.807, 2.05) is 121 Å². The van der Waals surface area contributed by atoms with Crippen molar-refractivity contribution >= 4 is 34.1 Å².